The van der Waals surface area contributed by atoms with Gasteiger partial charge in [-0.05, 0) is 64.7 Å². The molecule has 2 aromatic rings. The van der Waals surface area contributed by atoms with Crippen LogP contribution in [0.15, 0.2) is 23.1 Å². The summed E-state index contributed by atoms with van der Waals surface area (Å²) in [6, 6.07) is 5.83. The number of ether oxygens (including phenoxy) is 1. The lowest BCUT2D eigenvalue weighted by molar-refractivity contribution is -0.120. The Balaban J connectivity index is 1.89. The highest BCUT2D eigenvalue weighted by Crippen LogP contribution is 2.32. The van der Waals surface area contributed by atoms with Gasteiger partial charge in [0.05, 0.1) is 12.5 Å². The number of sulfonamides is 1. The molecule has 1 aromatic carbocycles. The van der Waals surface area contributed by atoms with Gasteiger partial charge in [-0.1, -0.05) is 12.1 Å². The number of hydrogen-bond donors (Lipinski definition) is 1. The van der Waals surface area contributed by atoms with Crippen molar-refractivity contribution in [3.8, 4) is 0 Å². The zero-order chi connectivity index (χ0) is 24.5. The molecule has 180 valence electrons. The summed E-state index contributed by atoms with van der Waals surface area (Å²) in [4.78, 5) is 25.6. The molecule has 33 heavy (non-hydrogen) atoms. The Morgan fingerprint density at radius 1 is 1.15 bits per heavy atom. The number of piperidine rings is 1. The zero-order valence-corrected chi connectivity index (χ0v) is 21.0. The maximum Gasteiger partial charge on any atom is 0.341 e. The minimum atomic E-state index is -4.01. The predicted octanol–water partition coefficient (Wildman–Crippen LogP) is 3.47. The molecule has 3 rings (SSSR count). The molecule has 0 aliphatic carbocycles. The largest absolute Gasteiger partial charge is 0.462 e. The van der Waals surface area contributed by atoms with Gasteiger partial charge in [-0.3, -0.25) is 4.79 Å². The third kappa shape index (κ3) is 4.84. The van der Waals surface area contributed by atoms with Crippen LogP contribution in [0.4, 0.5) is 5.69 Å². The second kappa shape index (κ2) is 9.69. The number of nitrogens with one attached hydrogen (secondary N) is 1. The molecule has 1 saturated heterocycles. The molecule has 1 atom stereocenters. The van der Waals surface area contributed by atoms with Crippen LogP contribution in [0, 0.1) is 33.6 Å². The molecule has 1 aliphatic heterocycles. The van der Waals surface area contributed by atoms with Crippen LogP contribution in [0.2, 0.25) is 0 Å². The van der Waals surface area contributed by atoms with Crippen LogP contribution >= 0.6 is 0 Å². The lowest BCUT2D eigenvalue weighted by Gasteiger charge is -2.31. The van der Waals surface area contributed by atoms with Crippen molar-refractivity contribution in [1.82, 2.24) is 8.87 Å². The van der Waals surface area contributed by atoms with Crippen LogP contribution < -0.4 is 5.32 Å². The first-order valence-electron chi connectivity index (χ1n) is 11.2. The third-order valence-electron chi connectivity index (χ3n) is 6.41. The van der Waals surface area contributed by atoms with E-state index in [0.29, 0.717) is 30.8 Å². The summed E-state index contributed by atoms with van der Waals surface area (Å²) in [5.41, 5.74) is 3.79. The minimum Gasteiger partial charge on any atom is -0.462 e. The van der Waals surface area contributed by atoms with E-state index in [1.807, 2.05) is 32.0 Å². The van der Waals surface area contributed by atoms with Crippen LogP contribution in [-0.4, -0.2) is 48.9 Å². The summed E-state index contributed by atoms with van der Waals surface area (Å²) in [5, 5.41) is 2.96. The SMILES string of the molecule is CCOC(=O)c1c(S(=O)(=O)N2CCC[C@H](C(=O)Nc3cc(C)ccc3C)C2)c(C)n(C)c1C. The molecule has 8 nitrogen and oxygen atoms in total. The Hall–Kier alpha value is -2.65. The maximum atomic E-state index is 13.7. The molecule has 1 aromatic heterocycles. The van der Waals surface area contributed by atoms with E-state index in [4.69, 9.17) is 4.74 Å². The summed E-state index contributed by atoms with van der Waals surface area (Å²) in [6.45, 7) is 9.45. The van der Waals surface area contributed by atoms with Gasteiger partial charge in [-0.25, -0.2) is 13.2 Å². The molecule has 1 fully saturated rings. The Bertz CT molecular complexity index is 1180. The van der Waals surface area contributed by atoms with Crippen LogP contribution in [0.3, 0.4) is 0 Å². The fourth-order valence-electron chi connectivity index (χ4n) is 4.29. The fourth-order valence-corrected chi connectivity index (χ4v) is 6.29. The van der Waals surface area contributed by atoms with Gasteiger partial charge in [0, 0.05) is 37.2 Å². The number of aromatic nitrogens is 1. The van der Waals surface area contributed by atoms with E-state index in [-0.39, 0.29) is 29.5 Å². The van der Waals surface area contributed by atoms with Crippen molar-refractivity contribution in [1.29, 1.82) is 0 Å². The van der Waals surface area contributed by atoms with Gasteiger partial charge in [-0.15, -0.1) is 0 Å². The van der Waals surface area contributed by atoms with Gasteiger partial charge in [0.1, 0.15) is 10.5 Å². The smallest absolute Gasteiger partial charge is 0.341 e. The molecule has 0 radical (unpaired) electrons. The summed E-state index contributed by atoms with van der Waals surface area (Å²) >= 11 is 0. The third-order valence-corrected chi connectivity index (χ3v) is 8.43. The van der Waals surface area contributed by atoms with Crippen molar-refractivity contribution in [2.45, 2.75) is 52.4 Å². The van der Waals surface area contributed by atoms with Gasteiger partial charge < -0.3 is 14.6 Å². The second-order valence-electron chi connectivity index (χ2n) is 8.66. The maximum absolute atomic E-state index is 13.7. The van der Waals surface area contributed by atoms with E-state index >= 15 is 0 Å². The summed E-state index contributed by atoms with van der Waals surface area (Å²) in [7, 11) is -2.29. The molecule has 0 unspecified atom stereocenters. The molecule has 1 N–H and O–H groups in total. The first-order chi connectivity index (χ1) is 15.5. The molecular weight excluding hydrogens is 442 g/mol. The Kier molecular flexibility index (Phi) is 7.33. The summed E-state index contributed by atoms with van der Waals surface area (Å²) < 4.78 is 35.6. The minimum absolute atomic E-state index is 0.0310. The number of aryl methyl sites for hydroxylation is 2. The Morgan fingerprint density at radius 3 is 2.52 bits per heavy atom. The fraction of sp³-hybridized carbons (Fsp3) is 0.500. The highest BCUT2D eigenvalue weighted by molar-refractivity contribution is 7.89. The second-order valence-corrected chi connectivity index (χ2v) is 10.5. The number of carbonyl (C=O) groups excluding carboxylic acids is 2. The van der Waals surface area contributed by atoms with E-state index in [1.54, 1.807) is 32.4 Å². The number of esters is 1. The van der Waals surface area contributed by atoms with Crippen molar-refractivity contribution in [3.05, 3.63) is 46.3 Å². The quantitative estimate of drug-likeness (QED) is 0.645. The summed E-state index contributed by atoms with van der Waals surface area (Å²) in [5.74, 6) is -1.33. The van der Waals surface area contributed by atoms with E-state index in [1.165, 1.54) is 4.31 Å². The Labute approximate surface area is 196 Å². The molecule has 1 amide bonds. The zero-order valence-electron chi connectivity index (χ0n) is 20.2. The highest BCUT2D eigenvalue weighted by Gasteiger charge is 2.39. The lowest BCUT2D eigenvalue weighted by atomic mass is 9.98. The first kappa shape index (κ1) is 25.0. The van der Waals surface area contributed by atoms with Crippen molar-refractivity contribution < 1.29 is 22.7 Å². The first-order valence-corrected chi connectivity index (χ1v) is 12.6. The standard InChI is InChI=1S/C24H33N3O5S/c1-7-32-24(29)21-17(4)26(6)18(5)22(21)33(30,31)27-12-8-9-19(14-27)23(28)25-20-13-15(2)10-11-16(20)3/h10-11,13,19H,7-9,12,14H2,1-6H3,(H,25,28)/t19-/m0/s1. The van der Waals surface area contributed by atoms with Crippen LogP contribution in [0.25, 0.3) is 0 Å². The van der Waals surface area contributed by atoms with E-state index in [0.717, 1.165) is 16.8 Å². The van der Waals surface area contributed by atoms with Crippen molar-refractivity contribution in [2.24, 2.45) is 13.0 Å². The van der Waals surface area contributed by atoms with Crippen molar-refractivity contribution in [3.63, 3.8) is 0 Å². The predicted molar refractivity (Wildman–Crippen MR) is 127 cm³/mol. The molecule has 2 heterocycles. The number of benzene rings is 1. The number of amides is 1. The number of hydrogen-bond acceptors (Lipinski definition) is 5. The Morgan fingerprint density at radius 2 is 1.85 bits per heavy atom. The van der Waals surface area contributed by atoms with E-state index in [9.17, 15) is 18.0 Å². The number of rotatable bonds is 6. The van der Waals surface area contributed by atoms with Crippen LogP contribution in [0.1, 0.15) is 52.6 Å². The average Bonchev–Trinajstić information content (AvgIpc) is 3.01. The molecule has 0 spiro atoms. The van der Waals surface area contributed by atoms with E-state index in [2.05, 4.69) is 5.32 Å². The average molecular weight is 476 g/mol. The van der Waals surface area contributed by atoms with Crippen LogP contribution in [-0.2, 0) is 26.6 Å². The van der Waals surface area contributed by atoms with Gasteiger partial charge in [-0.2, -0.15) is 4.31 Å². The number of nitrogens with zero attached hydrogens (tertiary/aromatic N) is 2. The van der Waals surface area contributed by atoms with Crippen LogP contribution in [0.5, 0.6) is 0 Å². The molecule has 9 heteroatoms. The lowest BCUT2D eigenvalue weighted by Crippen LogP contribution is -2.44. The molecular formula is C24H33N3O5S. The normalized spacial score (nSPS) is 17.1. The van der Waals surface area contributed by atoms with Crippen molar-refractivity contribution in [2.75, 3.05) is 25.0 Å². The van der Waals surface area contributed by atoms with Gasteiger partial charge >= 0.3 is 5.97 Å². The van der Waals surface area contributed by atoms with Gasteiger partial charge in [0.2, 0.25) is 15.9 Å². The number of anilines is 1. The monoisotopic (exact) mass is 475 g/mol. The van der Waals surface area contributed by atoms with Crippen molar-refractivity contribution >= 4 is 27.6 Å². The topological polar surface area (TPSA) is 97.7 Å². The van der Waals surface area contributed by atoms with E-state index < -0.39 is 21.9 Å². The van der Waals surface area contributed by atoms with Gasteiger partial charge in [0.15, 0.2) is 0 Å². The van der Waals surface area contributed by atoms with Gasteiger partial charge in [0.25, 0.3) is 0 Å². The molecule has 0 saturated carbocycles. The molecule has 0 bridgehead atoms. The number of carbonyl (C=O) groups is 2. The summed E-state index contributed by atoms with van der Waals surface area (Å²) in [6.07, 6.45) is 1.16. The molecule has 1 aliphatic rings. The highest BCUT2D eigenvalue weighted by atomic mass is 32.2.